The molecule has 0 aliphatic carbocycles. The molecule has 0 spiro atoms. The van der Waals surface area contributed by atoms with Crippen LogP contribution in [0.15, 0.2) is 24.5 Å². The Hall–Kier alpha value is -1.85. The van der Waals surface area contributed by atoms with Crippen LogP contribution in [0.1, 0.15) is 15.9 Å². The highest BCUT2D eigenvalue weighted by Crippen LogP contribution is 2.27. The van der Waals surface area contributed by atoms with Gasteiger partial charge in [0.05, 0.1) is 5.56 Å². The molecule has 0 atom stereocenters. The number of nitrogens with zero attached hydrogens (tertiary/aromatic N) is 2. The second-order valence-electron chi connectivity index (χ2n) is 3.88. The number of nitrogen functional groups attached to an aromatic ring is 1. The number of benzene rings is 1. The monoisotopic (exact) mass is 296 g/mol. The van der Waals surface area contributed by atoms with Crippen molar-refractivity contribution in [2.24, 2.45) is 0 Å². The van der Waals surface area contributed by atoms with Crippen LogP contribution in [0.3, 0.4) is 0 Å². The van der Waals surface area contributed by atoms with Crippen molar-refractivity contribution < 1.29 is 4.79 Å². The van der Waals surface area contributed by atoms with Crippen molar-refractivity contribution in [3.8, 4) is 0 Å². The van der Waals surface area contributed by atoms with Crippen LogP contribution < -0.4 is 11.1 Å². The van der Waals surface area contributed by atoms with E-state index in [1.807, 2.05) is 13.0 Å². The number of hydrogen-bond donors (Lipinski definition) is 2. The van der Waals surface area contributed by atoms with E-state index in [1.165, 1.54) is 6.33 Å². The summed E-state index contributed by atoms with van der Waals surface area (Å²) in [5.74, 6) is -0.417. The molecule has 2 aromatic rings. The molecular formula is C12H10Cl2N4O. The molecule has 0 aliphatic rings. The van der Waals surface area contributed by atoms with E-state index in [4.69, 9.17) is 28.9 Å². The summed E-state index contributed by atoms with van der Waals surface area (Å²) in [5.41, 5.74) is 7.55. The summed E-state index contributed by atoms with van der Waals surface area (Å²) >= 11 is 11.7. The first-order valence-electron chi connectivity index (χ1n) is 5.32. The number of amides is 1. The van der Waals surface area contributed by atoms with E-state index < -0.39 is 5.91 Å². The molecule has 19 heavy (non-hydrogen) atoms. The Morgan fingerprint density at radius 3 is 2.53 bits per heavy atom. The van der Waals surface area contributed by atoms with Crippen LogP contribution in [-0.4, -0.2) is 15.9 Å². The average molecular weight is 297 g/mol. The number of carbonyl (C=O) groups excluding carboxylic acids is 1. The van der Waals surface area contributed by atoms with Gasteiger partial charge in [-0.05, 0) is 19.1 Å². The van der Waals surface area contributed by atoms with Gasteiger partial charge in [0.25, 0.3) is 5.91 Å². The van der Waals surface area contributed by atoms with Crippen LogP contribution in [0.4, 0.5) is 11.4 Å². The Kier molecular flexibility index (Phi) is 3.87. The Bertz CT molecular complexity index is 625. The third-order valence-electron chi connectivity index (χ3n) is 2.45. The predicted molar refractivity (Wildman–Crippen MR) is 75.6 cm³/mol. The minimum absolute atomic E-state index is 0.0691. The fraction of sp³-hybridized carbons (Fsp3) is 0.0833. The number of nitrogens with one attached hydrogen (secondary N) is 1. The number of halogens is 2. The van der Waals surface area contributed by atoms with Crippen molar-refractivity contribution in [2.75, 3.05) is 11.1 Å². The van der Waals surface area contributed by atoms with Crippen LogP contribution in [-0.2, 0) is 0 Å². The Balaban J connectivity index is 2.34. The molecule has 0 fully saturated rings. The molecule has 3 N–H and O–H groups in total. The molecule has 0 bridgehead atoms. The van der Waals surface area contributed by atoms with Gasteiger partial charge in [0.2, 0.25) is 0 Å². The van der Waals surface area contributed by atoms with Crippen LogP contribution in [0, 0.1) is 6.92 Å². The van der Waals surface area contributed by atoms with Gasteiger partial charge in [0.15, 0.2) is 10.3 Å². The lowest BCUT2D eigenvalue weighted by Gasteiger charge is -2.09. The zero-order chi connectivity index (χ0) is 14.0. The van der Waals surface area contributed by atoms with Gasteiger partial charge in [-0.25, -0.2) is 9.97 Å². The first-order chi connectivity index (χ1) is 8.99. The summed E-state index contributed by atoms with van der Waals surface area (Å²) in [6.07, 6.45) is 1.21. The van der Waals surface area contributed by atoms with E-state index >= 15 is 0 Å². The van der Waals surface area contributed by atoms with Crippen molar-refractivity contribution in [1.82, 2.24) is 9.97 Å². The second kappa shape index (κ2) is 5.42. The third kappa shape index (κ3) is 2.94. The Labute approximate surface area is 119 Å². The van der Waals surface area contributed by atoms with Crippen LogP contribution in [0.5, 0.6) is 0 Å². The predicted octanol–water partition coefficient (Wildman–Crippen LogP) is 2.93. The second-order valence-corrected chi connectivity index (χ2v) is 4.59. The lowest BCUT2D eigenvalue weighted by Crippen LogP contribution is -2.15. The standard InChI is InChI=1S/C12H10Cl2N4O/c1-6-2-3-8(15)7(4-6)12(19)18-9-10(13)16-5-17-11(9)14/h2-5H,15H2,1H3,(H,18,19). The van der Waals surface area contributed by atoms with Crippen molar-refractivity contribution in [1.29, 1.82) is 0 Å². The quantitative estimate of drug-likeness (QED) is 0.659. The van der Waals surface area contributed by atoms with Gasteiger partial charge in [-0.15, -0.1) is 0 Å². The van der Waals surface area contributed by atoms with Gasteiger partial charge in [-0.3, -0.25) is 4.79 Å². The van der Waals surface area contributed by atoms with Crippen LogP contribution >= 0.6 is 23.2 Å². The number of carbonyl (C=O) groups is 1. The normalized spacial score (nSPS) is 10.3. The minimum Gasteiger partial charge on any atom is -0.398 e. The fourth-order valence-corrected chi connectivity index (χ4v) is 1.90. The number of aromatic nitrogens is 2. The van der Waals surface area contributed by atoms with E-state index in [0.717, 1.165) is 5.56 Å². The zero-order valence-electron chi connectivity index (χ0n) is 9.95. The smallest absolute Gasteiger partial charge is 0.257 e. The molecular weight excluding hydrogens is 287 g/mol. The topological polar surface area (TPSA) is 80.9 Å². The zero-order valence-corrected chi connectivity index (χ0v) is 11.5. The largest absolute Gasteiger partial charge is 0.398 e. The number of anilines is 2. The first kappa shape index (κ1) is 13.6. The van der Waals surface area contributed by atoms with Gasteiger partial charge in [-0.2, -0.15) is 0 Å². The van der Waals surface area contributed by atoms with Crippen LogP contribution in [0.2, 0.25) is 10.3 Å². The van der Waals surface area contributed by atoms with Gasteiger partial charge in [0.1, 0.15) is 12.0 Å². The summed E-state index contributed by atoms with van der Waals surface area (Å²) in [6.45, 7) is 1.86. The Morgan fingerprint density at radius 2 is 1.89 bits per heavy atom. The van der Waals surface area contributed by atoms with E-state index in [2.05, 4.69) is 15.3 Å². The summed E-state index contributed by atoms with van der Waals surface area (Å²) in [7, 11) is 0. The molecule has 0 saturated carbocycles. The molecule has 1 heterocycles. The fourth-order valence-electron chi connectivity index (χ4n) is 1.50. The molecule has 1 aromatic carbocycles. The maximum absolute atomic E-state index is 12.1. The minimum atomic E-state index is -0.417. The summed E-state index contributed by atoms with van der Waals surface area (Å²) in [4.78, 5) is 19.6. The SMILES string of the molecule is Cc1ccc(N)c(C(=O)Nc2c(Cl)ncnc2Cl)c1. The lowest BCUT2D eigenvalue weighted by molar-refractivity contribution is 0.102. The van der Waals surface area contributed by atoms with Crippen molar-refractivity contribution in [3.63, 3.8) is 0 Å². The molecule has 2 rings (SSSR count). The van der Waals surface area contributed by atoms with Gasteiger partial charge < -0.3 is 11.1 Å². The van der Waals surface area contributed by atoms with Crippen molar-refractivity contribution >= 4 is 40.5 Å². The first-order valence-corrected chi connectivity index (χ1v) is 6.08. The highest BCUT2D eigenvalue weighted by atomic mass is 35.5. The molecule has 0 saturated heterocycles. The molecule has 0 radical (unpaired) electrons. The average Bonchev–Trinajstić information content (AvgIpc) is 2.37. The van der Waals surface area contributed by atoms with Crippen molar-refractivity contribution in [3.05, 3.63) is 46.0 Å². The lowest BCUT2D eigenvalue weighted by atomic mass is 10.1. The van der Waals surface area contributed by atoms with Gasteiger partial charge in [-0.1, -0.05) is 34.8 Å². The molecule has 7 heteroatoms. The number of hydrogen-bond acceptors (Lipinski definition) is 4. The summed E-state index contributed by atoms with van der Waals surface area (Å²) < 4.78 is 0. The van der Waals surface area contributed by atoms with Gasteiger partial charge >= 0.3 is 0 Å². The highest BCUT2D eigenvalue weighted by molar-refractivity contribution is 6.38. The number of aryl methyl sites for hydroxylation is 1. The summed E-state index contributed by atoms with van der Waals surface area (Å²) in [6, 6.07) is 5.16. The van der Waals surface area contributed by atoms with Crippen molar-refractivity contribution in [2.45, 2.75) is 6.92 Å². The molecule has 1 aromatic heterocycles. The number of nitrogens with two attached hydrogens (primary N) is 1. The van der Waals surface area contributed by atoms with Gasteiger partial charge in [0, 0.05) is 5.69 Å². The summed E-state index contributed by atoms with van der Waals surface area (Å²) in [5, 5.41) is 2.69. The third-order valence-corrected chi connectivity index (χ3v) is 3.02. The van der Waals surface area contributed by atoms with Crippen LogP contribution in [0.25, 0.3) is 0 Å². The molecule has 0 aliphatic heterocycles. The van der Waals surface area contributed by atoms with E-state index in [0.29, 0.717) is 11.3 Å². The molecule has 5 nitrogen and oxygen atoms in total. The molecule has 98 valence electrons. The molecule has 1 amide bonds. The highest BCUT2D eigenvalue weighted by Gasteiger charge is 2.15. The molecule has 0 unspecified atom stereocenters. The van der Waals surface area contributed by atoms with E-state index in [-0.39, 0.29) is 16.0 Å². The maximum Gasteiger partial charge on any atom is 0.257 e. The number of rotatable bonds is 2. The Morgan fingerprint density at radius 1 is 1.26 bits per heavy atom. The van der Waals surface area contributed by atoms with E-state index in [1.54, 1.807) is 12.1 Å². The van der Waals surface area contributed by atoms with E-state index in [9.17, 15) is 4.79 Å². The maximum atomic E-state index is 12.1.